The van der Waals surface area contributed by atoms with E-state index in [-0.39, 0.29) is 5.91 Å². The van der Waals surface area contributed by atoms with Gasteiger partial charge in [0.25, 0.3) is 5.91 Å². The van der Waals surface area contributed by atoms with Gasteiger partial charge in [0.05, 0.1) is 11.3 Å². The first-order valence-electron chi connectivity index (χ1n) is 6.40. The van der Waals surface area contributed by atoms with E-state index in [2.05, 4.69) is 10.6 Å². The minimum Gasteiger partial charge on any atom is -0.384 e. The number of amides is 2. The summed E-state index contributed by atoms with van der Waals surface area (Å²) >= 11 is 0. The number of nitrogens with two attached hydrogens (primary N) is 1. The van der Waals surface area contributed by atoms with E-state index in [1.165, 1.54) is 0 Å². The lowest BCUT2D eigenvalue weighted by atomic mass is 9.98. The van der Waals surface area contributed by atoms with E-state index in [1.54, 1.807) is 19.9 Å². The van der Waals surface area contributed by atoms with E-state index in [4.69, 9.17) is 5.73 Å². The van der Waals surface area contributed by atoms with Gasteiger partial charge in [-0.1, -0.05) is 12.1 Å². The molecule has 1 aromatic carbocycles. The molecule has 0 spiro atoms. The maximum atomic E-state index is 12.3. The lowest BCUT2D eigenvalue weighted by Gasteiger charge is -2.25. The predicted octanol–water partition coefficient (Wildman–Crippen LogP) is 1.04. The standard InChI is InChI=1S/C14H19N3O2/c1-14(2,13(15)19)17-12(18)10-7-3-5-9-6-4-8-16-11(9)10/h3,5,7,16H,4,6,8H2,1-2H3,(H2,15,19)(H,17,18). The van der Waals surface area contributed by atoms with Crippen LogP contribution in [0.3, 0.4) is 0 Å². The molecule has 0 saturated carbocycles. The zero-order chi connectivity index (χ0) is 14.0. The van der Waals surface area contributed by atoms with E-state index < -0.39 is 11.4 Å². The summed E-state index contributed by atoms with van der Waals surface area (Å²) in [5.74, 6) is -0.839. The van der Waals surface area contributed by atoms with Crippen molar-refractivity contribution < 1.29 is 9.59 Å². The van der Waals surface area contributed by atoms with Crippen molar-refractivity contribution in [2.75, 3.05) is 11.9 Å². The van der Waals surface area contributed by atoms with Gasteiger partial charge in [-0.15, -0.1) is 0 Å². The van der Waals surface area contributed by atoms with E-state index in [1.807, 2.05) is 12.1 Å². The summed E-state index contributed by atoms with van der Waals surface area (Å²) in [6.07, 6.45) is 2.02. The van der Waals surface area contributed by atoms with Gasteiger partial charge < -0.3 is 16.4 Å². The second kappa shape index (κ2) is 4.91. The number of hydrogen-bond donors (Lipinski definition) is 3. The number of benzene rings is 1. The molecule has 0 fully saturated rings. The Morgan fingerprint density at radius 2 is 2.11 bits per heavy atom. The van der Waals surface area contributed by atoms with Crippen LogP contribution < -0.4 is 16.4 Å². The average molecular weight is 261 g/mol. The third-order valence-corrected chi connectivity index (χ3v) is 3.36. The van der Waals surface area contributed by atoms with Crippen LogP contribution >= 0.6 is 0 Å². The normalized spacial score (nSPS) is 14.2. The highest BCUT2D eigenvalue weighted by Gasteiger charge is 2.28. The fraction of sp³-hybridized carbons (Fsp3) is 0.429. The molecular weight excluding hydrogens is 242 g/mol. The van der Waals surface area contributed by atoms with Crippen LogP contribution in [-0.4, -0.2) is 23.9 Å². The molecule has 0 saturated heterocycles. The fourth-order valence-corrected chi connectivity index (χ4v) is 2.11. The van der Waals surface area contributed by atoms with Gasteiger partial charge in [-0.3, -0.25) is 9.59 Å². The average Bonchev–Trinajstić information content (AvgIpc) is 2.37. The van der Waals surface area contributed by atoms with Crippen LogP contribution in [0, 0.1) is 0 Å². The van der Waals surface area contributed by atoms with Crippen molar-refractivity contribution in [1.29, 1.82) is 0 Å². The van der Waals surface area contributed by atoms with Gasteiger partial charge in [-0.25, -0.2) is 0 Å². The third-order valence-electron chi connectivity index (χ3n) is 3.36. The van der Waals surface area contributed by atoms with Crippen LogP contribution in [-0.2, 0) is 11.2 Å². The molecule has 2 rings (SSSR count). The number of rotatable bonds is 3. The van der Waals surface area contributed by atoms with Crippen LogP contribution in [0.25, 0.3) is 0 Å². The maximum Gasteiger partial charge on any atom is 0.254 e. The molecule has 1 aliphatic heterocycles. The Balaban J connectivity index is 2.27. The van der Waals surface area contributed by atoms with Crippen molar-refractivity contribution in [2.24, 2.45) is 5.73 Å². The second-order valence-corrected chi connectivity index (χ2v) is 5.31. The van der Waals surface area contributed by atoms with Crippen LogP contribution in [0.2, 0.25) is 0 Å². The third kappa shape index (κ3) is 2.70. The quantitative estimate of drug-likeness (QED) is 0.760. The highest BCUT2D eigenvalue weighted by molar-refractivity contribution is 6.03. The summed E-state index contributed by atoms with van der Waals surface area (Å²) in [5, 5.41) is 5.92. The first-order valence-corrected chi connectivity index (χ1v) is 6.40. The lowest BCUT2D eigenvalue weighted by Crippen LogP contribution is -2.53. The largest absolute Gasteiger partial charge is 0.384 e. The summed E-state index contributed by atoms with van der Waals surface area (Å²) in [5.41, 5.74) is 6.77. The Bertz CT molecular complexity index is 523. The van der Waals surface area contributed by atoms with E-state index in [0.29, 0.717) is 5.56 Å². The molecule has 0 radical (unpaired) electrons. The Labute approximate surface area is 112 Å². The maximum absolute atomic E-state index is 12.3. The number of nitrogens with one attached hydrogen (secondary N) is 2. The Morgan fingerprint density at radius 3 is 2.79 bits per heavy atom. The van der Waals surface area contributed by atoms with Crippen molar-refractivity contribution >= 4 is 17.5 Å². The lowest BCUT2D eigenvalue weighted by molar-refractivity contribution is -0.122. The van der Waals surface area contributed by atoms with Gasteiger partial charge in [-0.05, 0) is 38.3 Å². The van der Waals surface area contributed by atoms with E-state index in [0.717, 1.165) is 30.6 Å². The van der Waals surface area contributed by atoms with Gasteiger partial charge >= 0.3 is 0 Å². The SMILES string of the molecule is CC(C)(NC(=O)c1cccc2c1NCCC2)C(N)=O. The number of carbonyl (C=O) groups excluding carboxylic acids is 2. The summed E-state index contributed by atoms with van der Waals surface area (Å²) in [4.78, 5) is 23.5. The monoisotopic (exact) mass is 261 g/mol. The van der Waals surface area contributed by atoms with Gasteiger partial charge in [0.15, 0.2) is 0 Å². The second-order valence-electron chi connectivity index (χ2n) is 5.31. The van der Waals surface area contributed by atoms with Crippen molar-refractivity contribution in [1.82, 2.24) is 5.32 Å². The van der Waals surface area contributed by atoms with Gasteiger partial charge in [0, 0.05) is 6.54 Å². The smallest absolute Gasteiger partial charge is 0.254 e. The molecule has 0 aliphatic carbocycles. The Morgan fingerprint density at radius 1 is 1.37 bits per heavy atom. The van der Waals surface area contributed by atoms with Gasteiger partial charge in [0.1, 0.15) is 5.54 Å². The highest BCUT2D eigenvalue weighted by atomic mass is 16.2. The molecule has 0 atom stereocenters. The summed E-state index contributed by atoms with van der Waals surface area (Å²) in [6, 6.07) is 5.62. The fourth-order valence-electron chi connectivity index (χ4n) is 2.11. The Hall–Kier alpha value is -2.04. The summed E-state index contributed by atoms with van der Waals surface area (Å²) in [6.45, 7) is 4.04. The van der Waals surface area contributed by atoms with Gasteiger partial charge in [0.2, 0.25) is 5.91 Å². The van der Waals surface area contributed by atoms with Crippen molar-refractivity contribution in [3.8, 4) is 0 Å². The minimum atomic E-state index is -1.06. The van der Waals surface area contributed by atoms with Crippen LogP contribution in [0.4, 0.5) is 5.69 Å². The number of fused-ring (bicyclic) bond motifs is 1. The zero-order valence-corrected chi connectivity index (χ0v) is 11.2. The number of carbonyl (C=O) groups is 2. The molecule has 1 heterocycles. The topological polar surface area (TPSA) is 84.2 Å². The summed E-state index contributed by atoms with van der Waals surface area (Å²) < 4.78 is 0. The zero-order valence-electron chi connectivity index (χ0n) is 11.2. The molecule has 0 unspecified atom stereocenters. The van der Waals surface area contributed by atoms with Crippen molar-refractivity contribution in [2.45, 2.75) is 32.2 Å². The van der Waals surface area contributed by atoms with Crippen LogP contribution in [0.1, 0.15) is 36.2 Å². The first kappa shape index (κ1) is 13.4. The predicted molar refractivity (Wildman–Crippen MR) is 74.0 cm³/mol. The van der Waals surface area contributed by atoms with Crippen molar-refractivity contribution in [3.05, 3.63) is 29.3 Å². The molecule has 1 aromatic rings. The molecule has 0 aromatic heterocycles. The van der Waals surface area contributed by atoms with E-state index in [9.17, 15) is 9.59 Å². The minimum absolute atomic E-state index is 0.282. The molecule has 5 nitrogen and oxygen atoms in total. The molecule has 102 valence electrons. The number of hydrogen-bond acceptors (Lipinski definition) is 3. The number of para-hydroxylation sites is 1. The van der Waals surface area contributed by atoms with Gasteiger partial charge in [-0.2, -0.15) is 0 Å². The first-order chi connectivity index (χ1) is 8.92. The highest BCUT2D eigenvalue weighted by Crippen LogP contribution is 2.26. The van der Waals surface area contributed by atoms with Crippen LogP contribution in [0.15, 0.2) is 18.2 Å². The number of anilines is 1. The van der Waals surface area contributed by atoms with E-state index >= 15 is 0 Å². The van der Waals surface area contributed by atoms with Crippen LogP contribution in [0.5, 0.6) is 0 Å². The molecular formula is C14H19N3O2. The molecule has 19 heavy (non-hydrogen) atoms. The van der Waals surface area contributed by atoms with Crippen molar-refractivity contribution in [3.63, 3.8) is 0 Å². The molecule has 0 bridgehead atoms. The number of primary amides is 1. The molecule has 5 heteroatoms. The molecule has 1 aliphatic rings. The Kier molecular flexibility index (Phi) is 3.46. The molecule has 4 N–H and O–H groups in total. The molecule has 2 amide bonds. The number of aryl methyl sites for hydroxylation is 1. The summed E-state index contributed by atoms with van der Waals surface area (Å²) in [7, 11) is 0.